The Kier molecular flexibility index (Phi) is 4.86. The number of sulfone groups is 1. The van der Waals surface area contributed by atoms with E-state index >= 15 is 0 Å². The van der Waals surface area contributed by atoms with Crippen LogP contribution in [-0.4, -0.2) is 15.5 Å². The fourth-order valence-electron chi connectivity index (χ4n) is 1.79. The molecule has 0 unspecified atom stereocenters. The number of allylic oxidation sites excluding steroid dienone is 1. The van der Waals surface area contributed by atoms with Crippen molar-refractivity contribution in [3.63, 3.8) is 0 Å². The van der Waals surface area contributed by atoms with Gasteiger partial charge in [0.25, 0.3) is 0 Å². The Balaban J connectivity index is 2.48. The lowest BCUT2D eigenvalue weighted by molar-refractivity contribution is 0.414. The fraction of sp³-hybridized carbons (Fsp3) is 0.0625. The number of hydrogen-bond donors (Lipinski definition) is 0. The zero-order valence-corrected chi connectivity index (χ0v) is 13.2. The van der Waals surface area contributed by atoms with E-state index in [4.69, 9.17) is 16.3 Å². The first-order valence-corrected chi connectivity index (χ1v) is 8.10. The topological polar surface area (TPSA) is 67.2 Å². The van der Waals surface area contributed by atoms with Crippen LogP contribution in [0.25, 0.3) is 6.08 Å². The second-order valence-corrected chi connectivity index (χ2v) is 6.71. The van der Waals surface area contributed by atoms with Gasteiger partial charge in [-0.15, -0.1) is 0 Å². The first-order chi connectivity index (χ1) is 10.5. The zero-order chi connectivity index (χ0) is 16.2. The van der Waals surface area contributed by atoms with Crippen molar-refractivity contribution in [1.29, 1.82) is 5.26 Å². The van der Waals surface area contributed by atoms with Gasteiger partial charge in [-0.1, -0.05) is 23.7 Å². The molecule has 0 saturated heterocycles. The Morgan fingerprint density at radius 2 is 1.91 bits per heavy atom. The van der Waals surface area contributed by atoms with Crippen molar-refractivity contribution in [1.82, 2.24) is 0 Å². The third-order valence-corrected chi connectivity index (χ3v) is 4.85. The summed E-state index contributed by atoms with van der Waals surface area (Å²) in [7, 11) is -2.37. The summed E-state index contributed by atoms with van der Waals surface area (Å²) in [5, 5.41) is 9.64. The van der Waals surface area contributed by atoms with E-state index in [1.54, 1.807) is 30.3 Å². The third kappa shape index (κ3) is 3.48. The maximum Gasteiger partial charge on any atom is 0.216 e. The molecule has 0 heterocycles. The predicted octanol–water partition coefficient (Wildman–Crippen LogP) is 3.69. The molecule has 0 aliphatic rings. The lowest BCUT2D eigenvalue weighted by atomic mass is 10.2. The van der Waals surface area contributed by atoms with E-state index in [1.807, 2.05) is 0 Å². The van der Waals surface area contributed by atoms with Crippen LogP contribution in [0, 0.1) is 11.3 Å². The molecule has 112 valence electrons. The molecule has 22 heavy (non-hydrogen) atoms. The molecule has 0 N–H and O–H groups in total. The number of nitriles is 1. The lowest BCUT2D eigenvalue weighted by Crippen LogP contribution is -2.03. The molecule has 2 aromatic carbocycles. The van der Waals surface area contributed by atoms with E-state index in [0.717, 1.165) is 0 Å². The molecule has 0 amide bonds. The summed E-state index contributed by atoms with van der Waals surface area (Å²) in [6, 6.07) is 14.2. The molecule has 0 spiro atoms. The largest absolute Gasteiger partial charge is 0.497 e. The van der Waals surface area contributed by atoms with Gasteiger partial charge in [0.05, 0.1) is 12.0 Å². The standard InChI is InChI=1S/C16H12ClNO3S/c1-21-14-4-2-3-12(9-14)10-16(11-18)22(19,20)15-7-5-13(17)6-8-15/h2-10H,1H3/b16-10-. The van der Waals surface area contributed by atoms with Crippen molar-refractivity contribution in [3.8, 4) is 11.8 Å². The van der Waals surface area contributed by atoms with E-state index in [-0.39, 0.29) is 9.80 Å². The van der Waals surface area contributed by atoms with Gasteiger partial charge >= 0.3 is 0 Å². The number of rotatable bonds is 4. The van der Waals surface area contributed by atoms with Crippen molar-refractivity contribution in [2.75, 3.05) is 7.11 Å². The van der Waals surface area contributed by atoms with Crippen molar-refractivity contribution in [3.05, 3.63) is 64.0 Å². The number of methoxy groups -OCH3 is 1. The van der Waals surface area contributed by atoms with Gasteiger partial charge in [-0.3, -0.25) is 0 Å². The molecule has 0 bridgehead atoms. The molecule has 0 aromatic heterocycles. The normalized spacial score (nSPS) is 11.8. The highest BCUT2D eigenvalue weighted by atomic mass is 35.5. The minimum Gasteiger partial charge on any atom is -0.497 e. The van der Waals surface area contributed by atoms with Crippen LogP contribution < -0.4 is 4.74 Å². The van der Waals surface area contributed by atoms with Gasteiger partial charge < -0.3 is 4.74 Å². The van der Waals surface area contributed by atoms with Crippen LogP contribution >= 0.6 is 11.6 Å². The van der Waals surface area contributed by atoms with Gasteiger partial charge in [0, 0.05) is 5.02 Å². The zero-order valence-electron chi connectivity index (χ0n) is 11.7. The third-order valence-electron chi connectivity index (χ3n) is 2.92. The average Bonchev–Trinajstić information content (AvgIpc) is 2.53. The second-order valence-electron chi connectivity index (χ2n) is 4.35. The predicted molar refractivity (Wildman–Crippen MR) is 85.2 cm³/mol. The summed E-state index contributed by atoms with van der Waals surface area (Å²) in [6.07, 6.45) is 1.31. The van der Waals surface area contributed by atoms with Crippen LogP contribution in [0.3, 0.4) is 0 Å². The van der Waals surface area contributed by atoms with Gasteiger partial charge in [0.1, 0.15) is 16.7 Å². The summed E-state index contributed by atoms with van der Waals surface area (Å²) in [4.78, 5) is -0.323. The molecule has 0 atom stereocenters. The Morgan fingerprint density at radius 1 is 1.23 bits per heavy atom. The number of benzene rings is 2. The molecule has 2 rings (SSSR count). The second kappa shape index (κ2) is 6.65. The molecular weight excluding hydrogens is 322 g/mol. The number of ether oxygens (including phenoxy) is 1. The quantitative estimate of drug-likeness (QED) is 0.800. The highest BCUT2D eigenvalue weighted by Gasteiger charge is 2.20. The van der Waals surface area contributed by atoms with Gasteiger partial charge in [0.2, 0.25) is 9.84 Å². The summed E-state index contributed by atoms with van der Waals surface area (Å²) >= 11 is 5.75. The number of nitrogens with zero attached hydrogens (tertiary/aromatic N) is 1. The molecule has 0 aliphatic heterocycles. The number of hydrogen-bond acceptors (Lipinski definition) is 4. The SMILES string of the molecule is COc1cccc(/C=C(/C#N)S(=O)(=O)c2ccc(Cl)cc2)c1. The molecular formula is C16H12ClNO3S. The molecule has 0 fully saturated rings. The Labute approximate surface area is 134 Å². The molecule has 0 aliphatic carbocycles. The van der Waals surface area contributed by atoms with E-state index in [0.29, 0.717) is 16.3 Å². The van der Waals surface area contributed by atoms with Gasteiger partial charge in [-0.2, -0.15) is 5.26 Å². The molecule has 4 nitrogen and oxygen atoms in total. The highest BCUT2D eigenvalue weighted by Crippen LogP contribution is 2.23. The number of halogens is 1. The fourth-order valence-corrected chi connectivity index (χ4v) is 3.08. The summed E-state index contributed by atoms with van der Waals surface area (Å²) in [5.74, 6) is 0.579. The monoisotopic (exact) mass is 333 g/mol. The Bertz CT molecular complexity index is 850. The molecule has 0 radical (unpaired) electrons. The summed E-state index contributed by atoms with van der Waals surface area (Å²) in [5.41, 5.74) is 0.563. The average molecular weight is 334 g/mol. The minimum absolute atomic E-state index is 0.0209. The van der Waals surface area contributed by atoms with Crippen LogP contribution in [0.1, 0.15) is 5.56 Å². The Hall–Kier alpha value is -2.29. The Morgan fingerprint density at radius 3 is 2.50 bits per heavy atom. The highest BCUT2D eigenvalue weighted by molar-refractivity contribution is 7.95. The van der Waals surface area contributed by atoms with E-state index in [1.165, 1.54) is 37.5 Å². The smallest absolute Gasteiger partial charge is 0.216 e. The van der Waals surface area contributed by atoms with Crippen LogP contribution in [-0.2, 0) is 9.84 Å². The van der Waals surface area contributed by atoms with Crippen molar-refractivity contribution < 1.29 is 13.2 Å². The van der Waals surface area contributed by atoms with Gasteiger partial charge in [-0.25, -0.2) is 8.42 Å². The minimum atomic E-state index is -3.89. The first kappa shape index (κ1) is 16.1. The van der Waals surface area contributed by atoms with E-state index < -0.39 is 9.84 Å². The van der Waals surface area contributed by atoms with E-state index in [9.17, 15) is 13.7 Å². The first-order valence-electron chi connectivity index (χ1n) is 6.24. The van der Waals surface area contributed by atoms with Crippen LogP contribution in [0.4, 0.5) is 0 Å². The molecule has 2 aromatic rings. The molecule has 0 saturated carbocycles. The van der Waals surface area contributed by atoms with Crippen molar-refractivity contribution in [2.24, 2.45) is 0 Å². The maximum atomic E-state index is 12.5. The maximum absolute atomic E-state index is 12.5. The summed E-state index contributed by atoms with van der Waals surface area (Å²) < 4.78 is 30.0. The van der Waals surface area contributed by atoms with Crippen LogP contribution in [0.5, 0.6) is 5.75 Å². The van der Waals surface area contributed by atoms with Gasteiger partial charge in [0.15, 0.2) is 0 Å². The van der Waals surface area contributed by atoms with Crippen molar-refractivity contribution in [2.45, 2.75) is 4.90 Å². The lowest BCUT2D eigenvalue weighted by Gasteiger charge is -2.04. The van der Waals surface area contributed by atoms with Crippen LogP contribution in [0.15, 0.2) is 58.3 Å². The molecule has 6 heteroatoms. The summed E-state index contributed by atoms with van der Waals surface area (Å²) in [6.45, 7) is 0. The van der Waals surface area contributed by atoms with E-state index in [2.05, 4.69) is 0 Å². The van der Waals surface area contributed by atoms with Gasteiger partial charge in [-0.05, 0) is 48.0 Å². The van der Waals surface area contributed by atoms with Crippen LogP contribution in [0.2, 0.25) is 5.02 Å². The van der Waals surface area contributed by atoms with Crippen molar-refractivity contribution >= 4 is 27.5 Å².